The van der Waals surface area contributed by atoms with Crippen LogP contribution in [0.2, 0.25) is 0 Å². The molecule has 1 aromatic rings. The van der Waals surface area contributed by atoms with Crippen LogP contribution in [0.4, 0.5) is 0 Å². The third-order valence-electron chi connectivity index (χ3n) is 4.20. The molecule has 4 nitrogen and oxygen atoms in total. The van der Waals surface area contributed by atoms with Gasteiger partial charge in [-0.3, -0.25) is 9.59 Å². The summed E-state index contributed by atoms with van der Waals surface area (Å²) in [5, 5.41) is 3.33. The summed E-state index contributed by atoms with van der Waals surface area (Å²) >= 11 is 0. The van der Waals surface area contributed by atoms with Crippen LogP contribution in [0.3, 0.4) is 0 Å². The topological polar surface area (TPSA) is 49.4 Å². The molecule has 0 atom stereocenters. The molecule has 1 saturated heterocycles. The summed E-state index contributed by atoms with van der Waals surface area (Å²) < 4.78 is 0. The Balaban J connectivity index is 1.89. The molecule has 0 saturated carbocycles. The van der Waals surface area contributed by atoms with Gasteiger partial charge in [0, 0.05) is 31.0 Å². The van der Waals surface area contributed by atoms with Crippen molar-refractivity contribution in [1.29, 1.82) is 0 Å². The lowest BCUT2D eigenvalue weighted by atomic mass is 10.0. The molecule has 0 aliphatic carbocycles. The Morgan fingerprint density at radius 1 is 1.14 bits per heavy atom. The molecule has 1 fully saturated rings. The average molecular weight is 302 g/mol. The number of carbonyl (C=O) groups is 2. The van der Waals surface area contributed by atoms with Gasteiger partial charge in [-0.15, -0.1) is 0 Å². The maximum Gasteiger partial charge on any atom is 0.223 e. The second-order valence-corrected chi connectivity index (χ2v) is 5.86. The van der Waals surface area contributed by atoms with E-state index < -0.39 is 0 Å². The average Bonchev–Trinajstić information content (AvgIpc) is 2.58. The summed E-state index contributed by atoms with van der Waals surface area (Å²) in [7, 11) is 0. The fraction of sp³-hybridized carbons (Fsp3) is 0.556. The molecule has 1 aliphatic rings. The second kappa shape index (κ2) is 8.69. The van der Waals surface area contributed by atoms with Crippen molar-refractivity contribution >= 4 is 11.7 Å². The van der Waals surface area contributed by atoms with E-state index in [9.17, 15) is 9.59 Å². The van der Waals surface area contributed by atoms with Crippen LogP contribution < -0.4 is 5.32 Å². The lowest BCUT2D eigenvalue weighted by molar-refractivity contribution is -0.134. The summed E-state index contributed by atoms with van der Waals surface area (Å²) in [6.45, 7) is 4.84. The van der Waals surface area contributed by atoms with Gasteiger partial charge in [-0.2, -0.15) is 0 Å². The van der Waals surface area contributed by atoms with Gasteiger partial charge in [-0.25, -0.2) is 0 Å². The summed E-state index contributed by atoms with van der Waals surface area (Å²) in [6.07, 6.45) is 3.60. The van der Waals surface area contributed by atoms with E-state index in [1.807, 2.05) is 35.2 Å². The highest BCUT2D eigenvalue weighted by molar-refractivity contribution is 5.97. The van der Waals surface area contributed by atoms with E-state index in [4.69, 9.17) is 0 Å². The number of Topliss-reactive ketones (excluding diaryl/α,β-unsaturated/α-hetero) is 1. The number of amides is 1. The minimum atomic E-state index is 0.0516. The Kier molecular flexibility index (Phi) is 6.59. The molecule has 1 aliphatic heterocycles. The molecule has 22 heavy (non-hydrogen) atoms. The molecule has 0 aromatic heterocycles. The van der Waals surface area contributed by atoms with Crippen molar-refractivity contribution in [3.05, 3.63) is 35.9 Å². The number of nitrogens with one attached hydrogen (secondary N) is 1. The maximum atomic E-state index is 12.5. The zero-order valence-corrected chi connectivity index (χ0v) is 13.4. The standard InChI is InChI=1S/C18H26N2O2/c1-2-14-20(16-10-12-19-13-11-16)18(22)9-8-17(21)15-6-4-3-5-7-15/h3-7,16,19H,2,8-14H2,1H3. The molecule has 0 bridgehead atoms. The SMILES string of the molecule is CCCN(C(=O)CCC(=O)c1ccccc1)C1CCNCC1. The summed E-state index contributed by atoms with van der Waals surface area (Å²) in [6, 6.07) is 9.55. The van der Waals surface area contributed by atoms with Gasteiger partial charge in [0.1, 0.15) is 0 Å². The van der Waals surface area contributed by atoms with Crippen LogP contribution in [0.5, 0.6) is 0 Å². The highest BCUT2D eigenvalue weighted by atomic mass is 16.2. The van der Waals surface area contributed by atoms with Crippen LogP contribution >= 0.6 is 0 Å². The van der Waals surface area contributed by atoms with Crippen molar-refractivity contribution in [2.45, 2.75) is 45.1 Å². The van der Waals surface area contributed by atoms with Crippen molar-refractivity contribution in [2.24, 2.45) is 0 Å². The van der Waals surface area contributed by atoms with E-state index in [0.717, 1.165) is 38.9 Å². The molecule has 0 unspecified atom stereocenters. The quantitative estimate of drug-likeness (QED) is 0.788. The predicted octanol–water partition coefficient (Wildman–Crippen LogP) is 2.64. The van der Waals surface area contributed by atoms with E-state index in [1.54, 1.807) is 0 Å². The largest absolute Gasteiger partial charge is 0.340 e. The second-order valence-electron chi connectivity index (χ2n) is 5.86. The molecule has 0 spiro atoms. The minimum Gasteiger partial charge on any atom is -0.340 e. The van der Waals surface area contributed by atoms with Crippen molar-refractivity contribution < 1.29 is 9.59 Å². The maximum absolute atomic E-state index is 12.5. The lowest BCUT2D eigenvalue weighted by Gasteiger charge is -2.34. The first kappa shape index (κ1) is 16.7. The van der Waals surface area contributed by atoms with Crippen LogP contribution in [0.25, 0.3) is 0 Å². The number of piperidine rings is 1. The van der Waals surface area contributed by atoms with Gasteiger partial charge in [-0.1, -0.05) is 37.3 Å². The Labute approximate surface area is 132 Å². The molecule has 1 amide bonds. The van der Waals surface area contributed by atoms with Crippen molar-refractivity contribution in [2.75, 3.05) is 19.6 Å². The van der Waals surface area contributed by atoms with Gasteiger partial charge in [0.05, 0.1) is 0 Å². The third-order valence-corrected chi connectivity index (χ3v) is 4.20. The number of nitrogens with zero attached hydrogens (tertiary/aromatic N) is 1. The zero-order chi connectivity index (χ0) is 15.8. The van der Waals surface area contributed by atoms with E-state index in [-0.39, 0.29) is 11.7 Å². The van der Waals surface area contributed by atoms with Gasteiger partial charge in [-0.05, 0) is 32.4 Å². The molecule has 2 rings (SSSR count). The molecule has 120 valence electrons. The van der Waals surface area contributed by atoms with Crippen LogP contribution in [0.1, 0.15) is 49.4 Å². The van der Waals surface area contributed by atoms with E-state index >= 15 is 0 Å². The van der Waals surface area contributed by atoms with Crippen molar-refractivity contribution in [3.63, 3.8) is 0 Å². The highest BCUT2D eigenvalue weighted by Crippen LogP contribution is 2.15. The Hall–Kier alpha value is -1.68. The van der Waals surface area contributed by atoms with Crippen LogP contribution in [-0.2, 0) is 4.79 Å². The Bertz CT molecular complexity index is 481. The number of benzene rings is 1. The van der Waals surface area contributed by atoms with Crippen LogP contribution in [0.15, 0.2) is 30.3 Å². The first-order chi connectivity index (χ1) is 10.7. The first-order valence-electron chi connectivity index (χ1n) is 8.30. The monoisotopic (exact) mass is 302 g/mol. The summed E-state index contributed by atoms with van der Waals surface area (Å²) in [5.41, 5.74) is 0.694. The number of hydrogen-bond donors (Lipinski definition) is 1. The normalized spacial score (nSPS) is 15.5. The van der Waals surface area contributed by atoms with Crippen LogP contribution in [0, 0.1) is 0 Å². The van der Waals surface area contributed by atoms with Crippen molar-refractivity contribution in [1.82, 2.24) is 10.2 Å². The third kappa shape index (κ3) is 4.67. The fourth-order valence-electron chi connectivity index (χ4n) is 3.00. The van der Waals surface area contributed by atoms with Crippen LogP contribution in [-0.4, -0.2) is 42.3 Å². The highest BCUT2D eigenvalue weighted by Gasteiger charge is 2.24. The number of carbonyl (C=O) groups excluding carboxylic acids is 2. The Morgan fingerprint density at radius 3 is 2.45 bits per heavy atom. The van der Waals surface area contributed by atoms with E-state index in [2.05, 4.69) is 12.2 Å². The lowest BCUT2D eigenvalue weighted by Crippen LogP contribution is -2.46. The summed E-state index contributed by atoms with van der Waals surface area (Å²) in [4.78, 5) is 26.6. The van der Waals surface area contributed by atoms with E-state index in [1.165, 1.54) is 0 Å². The molecule has 4 heteroatoms. The molecule has 1 N–H and O–H groups in total. The predicted molar refractivity (Wildman–Crippen MR) is 87.9 cm³/mol. The van der Waals surface area contributed by atoms with Crippen molar-refractivity contribution in [3.8, 4) is 0 Å². The molecule has 1 aromatic carbocycles. The number of hydrogen-bond acceptors (Lipinski definition) is 3. The van der Waals surface area contributed by atoms with Gasteiger partial charge in [0.2, 0.25) is 5.91 Å². The van der Waals surface area contributed by atoms with Gasteiger partial charge in [0.15, 0.2) is 5.78 Å². The smallest absolute Gasteiger partial charge is 0.223 e. The first-order valence-corrected chi connectivity index (χ1v) is 8.30. The zero-order valence-electron chi connectivity index (χ0n) is 13.4. The molecular weight excluding hydrogens is 276 g/mol. The van der Waals surface area contributed by atoms with Gasteiger partial charge < -0.3 is 10.2 Å². The van der Waals surface area contributed by atoms with Gasteiger partial charge >= 0.3 is 0 Å². The Morgan fingerprint density at radius 2 is 1.82 bits per heavy atom. The van der Waals surface area contributed by atoms with Gasteiger partial charge in [0.25, 0.3) is 0 Å². The molecular formula is C18H26N2O2. The number of rotatable bonds is 7. The fourth-order valence-corrected chi connectivity index (χ4v) is 3.00. The number of ketones is 1. The summed E-state index contributed by atoms with van der Waals surface area (Å²) in [5.74, 6) is 0.175. The molecule has 1 heterocycles. The minimum absolute atomic E-state index is 0.0516. The van der Waals surface area contributed by atoms with E-state index in [0.29, 0.717) is 24.4 Å². The molecule has 0 radical (unpaired) electrons.